The molecule has 0 aliphatic carbocycles. The highest BCUT2D eigenvalue weighted by Crippen LogP contribution is 2.29. The summed E-state index contributed by atoms with van der Waals surface area (Å²) in [5.41, 5.74) is 3.04. The van der Waals surface area contributed by atoms with Crippen molar-refractivity contribution >= 4 is 5.97 Å². The van der Waals surface area contributed by atoms with Crippen LogP contribution in [0, 0.1) is 0 Å². The molecule has 0 radical (unpaired) electrons. The molecule has 2 aromatic rings. The Morgan fingerprint density at radius 3 is 1.33 bits per heavy atom. The van der Waals surface area contributed by atoms with Crippen molar-refractivity contribution in [1.82, 2.24) is 0 Å². The van der Waals surface area contributed by atoms with E-state index in [9.17, 15) is 4.79 Å². The van der Waals surface area contributed by atoms with Crippen LogP contribution < -0.4 is 4.74 Å². The molecule has 0 amide bonds. The molecule has 3 nitrogen and oxygen atoms in total. The summed E-state index contributed by atoms with van der Waals surface area (Å²) in [5.74, 6) is 0.891. The van der Waals surface area contributed by atoms with Crippen molar-refractivity contribution in [3.05, 3.63) is 65.2 Å². The second kappa shape index (κ2) is 31.4. The van der Waals surface area contributed by atoms with E-state index < -0.39 is 0 Å². The topological polar surface area (TPSA) is 35.5 Å². The summed E-state index contributed by atoms with van der Waals surface area (Å²) in [7, 11) is 0. The van der Waals surface area contributed by atoms with E-state index in [1.165, 1.54) is 179 Å². The zero-order chi connectivity index (χ0) is 36.6. The van der Waals surface area contributed by atoms with Crippen molar-refractivity contribution < 1.29 is 14.3 Å². The molecule has 0 aromatic heterocycles. The first-order chi connectivity index (χ1) is 25.1. The molecule has 290 valence electrons. The van der Waals surface area contributed by atoms with Crippen LogP contribution in [-0.2, 0) is 4.74 Å². The Hall–Kier alpha value is -2.13. The van der Waals surface area contributed by atoms with Gasteiger partial charge in [0.15, 0.2) is 0 Å². The lowest BCUT2D eigenvalue weighted by Gasteiger charge is -2.17. The average molecular weight is 705 g/mol. The van der Waals surface area contributed by atoms with Crippen molar-refractivity contribution in [3.63, 3.8) is 0 Å². The molecule has 0 spiro atoms. The Labute approximate surface area is 316 Å². The summed E-state index contributed by atoms with van der Waals surface area (Å²) in [6.07, 6.45) is 38.0. The second-order valence-electron chi connectivity index (χ2n) is 15.5. The van der Waals surface area contributed by atoms with Crippen LogP contribution in [0.5, 0.6) is 5.75 Å². The van der Waals surface area contributed by atoms with Crippen LogP contribution in [0.3, 0.4) is 0 Å². The van der Waals surface area contributed by atoms with Gasteiger partial charge in [-0.2, -0.15) is 0 Å². The Morgan fingerprint density at radius 2 is 0.882 bits per heavy atom. The van der Waals surface area contributed by atoms with Crippen LogP contribution in [0.15, 0.2) is 48.5 Å². The maximum atomic E-state index is 12.9. The maximum absolute atomic E-state index is 12.9. The van der Waals surface area contributed by atoms with Gasteiger partial charge in [0.1, 0.15) is 5.75 Å². The predicted octanol–water partition coefficient (Wildman–Crippen LogP) is 16.0. The number of benzene rings is 2. The van der Waals surface area contributed by atoms with Gasteiger partial charge in [0.05, 0.1) is 11.7 Å². The van der Waals surface area contributed by atoms with E-state index in [1.54, 1.807) is 0 Å². The fraction of sp³-hybridized carbons (Fsp3) is 0.729. The largest absolute Gasteiger partial charge is 0.423 e. The summed E-state index contributed by atoms with van der Waals surface area (Å²) in [4.78, 5) is 12.9. The monoisotopic (exact) mass is 705 g/mol. The van der Waals surface area contributed by atoms with Crippen LogP contribution in [0.4, 0.5) is 0 Å². The first-order valence-corrected chi connectivity index (χ1v) is 22.1. The highest BCUT2D eigenvalue weighted by atomic mass is 16.5. The highest BCUT2D eigenvalue weighted by molar-refractivity contribution is 5.91. The molecule has 0 saturated heterocycles. The predicted molar refractivity (Wildman–Crippen MR) is 221 cm³/mol. The summed E-state index contributed by atoms with van der Waals surface area (Å²) in [5, 5.41) is 0. The normalized spacial score (nSPS) is 12.6. The second-order valence-corrected chi connectivity index (χ2v) is 15.5. The average Bonchev–Trinajstić information content (AvgIpc) is 3.15. The van der Waals surface area contributed by atoms with E-state index in [2.05, 4.69) is 39.8 Å². The summed E-state index contributed by atoms with van der Waals surface area (Å²) >= 11 is 0. The SMILES string of the molecule is CCCCCCCCCCCCCCCCCCOC(C)c1ccc(C(=O)Oc2ccc(C(CCC)CCCCCCCCCCC)cc2)cc1. The number of unbranched alkanes of at least 4 members (excludes halogenated alkanes) is 23. The van der Waals surface area contributed by atoms with Gasteiger partial charge in [-0.3, -0.25) is 0 Å². The first kappa shape index (κ1) is 45.0. The standard InChI is InChI=1S/C48H80O3/c1-5-8-10-12-14-16-17-18-19-20-21-22-24-26-28-30-41-50-42(4)43-33-35-46(36-34-43)48(49)51-47-39-37-45(38-40-47)44(31-7-3)32-29-27-25-23-15-13-11-9-6-2/h33-40,42,44H,5-32,41H2,1-4H3. The first-order valence-electron chi connectivity index (χ1n) is 22.1. The van der Waals surface area contributed by atoms with Gasteiger partial charge in [0.2, 0.25) is 0 Å². The summed E-state index contributed by atoms with van der Waals surface area (Å²) < 4.78 is 11.9. The van der Waals surface area contributed by atoms with Crippen LogP contribution in [0.2, 0.25) is 0 Å². The minimum absolute atomic E-state index is 0.0190. The zero-order valence-electron chi connectivity index (χ0n) is 34.0. The minimum Gasteiger partial charge on any atom is -0.423 e. The van der Waals surface area contributed by atoms with Gasteiger partial charge in [-0.25, -0.2) is 4.79 Å². The molecule has 2 rings (SSSR count). The van der Waals surface area contributed by atoms with Crippen molar-refractivity contribution in [3.8, 4) is 5.75 Å². The lowest BCUT2D eigenvalue weighted by Crippen LogP contribution is -2.09. The molecule has 0 fully saturated rings. The third kappa shape index (κ3) is 22.5. The van der Waals surface area contributed by atoms with Gasteiger partial charge < -0.3 is 9.47 Å². The minimum atomic E-state index is -0.309. The Bertz CT molecular complexity index is 1060. The van der Waals surface area contributed by atoms with E-state index in [1.807, 2.05) is 36.4 Å². The number of carbonyl (C=O) groups excluding carboxylic acids is 1. The van der Waals surface area contributed by atoms with Gasteiger partial charge in [-0.15, -0.1) is 0 Å². The Morgan fingerprint density at radius 1 is 0.471 bits per heavy atom. The van der Waals surface area contributed by atoms with E-state index >= 15 is 0 Å². The molecule has 2 aromatic carbocycles. The third-order valence-corrected chi connectivity index (χ3v) is 10.8. The number of hydrogen-bond donors (Lipinski definition) is 0. The molecule has 0 N–H and O–H groups in total. The van der Waals surface area contributed by atoms with Crippen molar-refractivity contribution in [2.45, 2.75) is 219 Å². The molecule has 0 aliphatic rings. The third-order valence-electron chi connectivity index (χ3n) is 10.8. The quantitative estimate of drug-likeness (QED) is 0.0413. The number of ether oxygens (including phenoxy) is 2. The number of rotatable bonds is 34. The van der Waals surface area contributed by atoms with Gasteiger partial charge in [-0.1, -0.05) is 206 Å². The Kier molecular flexibility index (Phi) is 27.7. The molecule has 0 saturated carbocycles. The number of carbonyl (C=O) groups is 1. The number of esters is 1. The van der Waals surface area contributed by atoms with Gasteiger partial charge in [0, 0.05) is 6.61 Å². The van der Waals surface area contributed by atoms with Crippen LogP contribution in [0.25, 0.3) is 0 Å². The fourth-order valence-corrected chi connectivity index (χ4v) is 7.40. The smallest absolute Gasteiger partial charge is 0.343 e. The molecular formula is C48H80O3. The lowest BCUT2D eigenvalue weighted by molar-refractivity contribution is 0.0626. The van der Waals surface area contributed by atoms with Crippen molar-refractivity contribution in [2.75, 3.05) is 6.61 Å². The summed E-state index contributed by atoms with van der Waals surface area (Å²) in [6.45, 7) is 9.74. The fourth-order valence-electron chi connectivity index (χ4n) is 7.40. The Balaban J connectivity index is 1.56. The molecule has 2 atom stereocenters. The molecule has 0 bridgehead atoms. The van der Waals surface area contributed by atoms with E-state index in [-0.39, 0.29) is 12.1 Å². The van der Waals surface area contributed by atoms with Crippen molar-refractivity contribution in [2.24, 2.45) is 0 Å². The van der Waals surface area contributed by atoms with E-state index in [0.29, 0.717) is 17.2 Å². The highest BCUT2D eigenvalue weighted by Gasteiger charge is 2.14. The van der Waals surface area contributed by atoms with Crippen LogP contribution in [0.1, 0.15) is 241 Å². The lowest BCUT2D eigenvalue weighted by atomic mass is 9.89. The maximum Gasteiger partial charge on any atom is 0.343 e. The van der Waals surface area contributed by atoms with Gasteiger partial charge >= 0.3 is 5.97 Å². The number of hydrogen-bond acceptors (Lipinski definition) is 3. The summed E-state index contributed by atoms with van der Waals surface area (Å²) in [6, 6.07) is 16.0. The van der Waals surface area contributed by atoms with Crippen LogP contribution >= 0.6 is 0 Å². The van der Waals surface area contributed by atoms with E-state index in [0.717, 1.165) is 18.6 Å². The molecule has 0 aliphatic heterocycles. The van der Waals surface area contributed by atoms with E-state index in [4.69, 9.17) is 9.47 Å². The van der Waals surface area contributed by atoms with Crippen LogP contribution in [-0.4, -0.2) is 12.6 Å². The molecule has 2 unspecified atom stereocenters. The van der Waals surface area contributed by atoms with Gasteiger partial charge in [-0.05, 0) is 67.5 Å². The molecule has 51 heavy (non-hydrogen) atoms. The molecule has 3 heteroatoms. The zero-order valence-corrected chi connectivity index (χ0v) is 34.0. The molecule has 0 heterocycles. The molecular weight excluding hydrogens is 625 g/mol. The van der Waals surface area contributed by atoms with Crippen molar-refractivity contribution in [1.29, 1.82) is 0 Å². The van der Waals surface area contributed by atoms with Gasteiger partial charge in [0.25, 0.3) is 0 Å².